The topological polar surface area (TPSA) is 62.7 Å². The summed E-state index contributed by atoms with van der Waals surface area (Å²) in [6.07, 6.45) is 1.54. The van der Waals surface area contributed by atoms with Crippen LogP contribution in [0.3, 0.4) is 0 Å². The molecule has 0 aliphatic rings. The number of hydrogen-bond donors (Lipinski definition) is 2. The van der Waals surface area contributed by atoms with Crippen molar-refractivity contribution in [1.82, 2.24) is 15.2 Å². The second-order valence-electron chi connectivity index (χ2n) is 4.87. The fourth-order valence-corrected chi connectivity index (χ4v) is 2.58. The van der Waals surface area contributed by atoms with Crippen LogP contribution in [0.15, 0.2) is 48.7 Å². The number of benzene rings is 2. The van der Waals surface area contributed by atoms with E-state index < -0.39 is 0 Å². The molecular weight excluding hydrogens is 369 g/mol. The molecule has 0 unspecified atom stereocenters. The van der Waals surface area contributed by atoms with E-state index in [0.717, 1.165) is 5.56 Å². The second kappa shape index (κ2) is 7.66. The van der Waals surface area contributed by atoms with E-state index in [9.17, 15) is 0 Å². The predicted molar refractivity (Wildman–Crippen MR) is 98.4 cm³/mol. The van der Waals surface area contributed by atoms with E-state index >= 15 is 0 Å². The summed E-state index contributed by atoms with van der Waals surface area (Å²) in [5.41, 5.74) is 1.61. The Balaban J connectivity index is 1.71. The summed E-state index contributed by atoms with van der Waals surface area (Å²) in [4.78, 5) is 4.34. The van der Waals surface area contributed by atoms with Gasteiger partial charge < -0.3 is 10.6 Å². The Bertz CT molecular complexity index is 819. The molecule has 2 aromatic carbocycles. The summed E-state index contributed by atoms with van der Waals surface area (Å²) in [6.45, 7) is 0.585. The molecule has 3 aromatic rings. The van der Waals surface area contributed by atoms with Crippen molar-refractivity contribution in [2.45, 2.75) is 6.54 Å². The Kier molecular flexibility index (Phi) is 5.35. The molecule has 0 amide bonds. The lowest BCUT2D eigenvalue weighted by molar-refractivity contribution is 0.966. The van der Waals surface area contributed by atoms with Gasteiger partial charge in [-0.3, -0.25) is 0 Å². The minimum absolute atomic E-state index is 0.297. The second-order valence-corrected chi connectivity index (χ2v) is 6.12. The van der Waals surface area contributed by atoms with Crippen LogP contribution in [0.25, 0.3) is 0 Å². The zero-order valence-corrected chi connectivity index (χ0v) is 14.6. The summed E-state index contributed by atoms with van der Waals surface area (Å²) >= 11 is 18.1. The molecule has 0 bridgehead atoms. The number of nitrogens with zero attached hydrogens (tertiary/aromatic N) is 3. The Morgan fingerprint density at radius 2 is 1.62 bits per heavy atom. The van der Waals surface area contributed by atoms with Gasteiger partial charge in [0.05, 0.1) is 21.9 Å². The lowest BCUT2D eigenvalue weighted by atomic mass is 10.2. The van der Waals surface area contributed by atoms with Gasteiger partial charge in [-0.15, -0.1) is 5.10 Å². The predicted octanol–water partition coefficient (Wildman–Crippen LogP) is 5.19. The molecule has 0 aliphatic heterocycles. The molecule has 8 heteroatoms. The maximum absolute atomic E-state index is 6.12. The van der Waals surface area contributed by atoms with E-state index in [1.54, 1.807) is 18.2 Å². The maximum Gasteiger partial charge on any atom is 0.249 e. The number of para-hydroxylation sites is 1. The highest BCUT2D eigenvalue weighted by Gasteiger charge is 2.08. The van der Waals surface area contributed by atoms with Crippen molar-refractivity contribution < 1.29 is 0 Å². The van der Waals surface area contributed by atoms with Gasteiger partial charge in [0, 0.05) is 11.6 Å². The third-order valence-corrected chi connectivity index (χ3v) is 4.03. The number of nitrogens with one attached hydrogen (secondary N) is 2. The molecule has 24 heavy (non-hydrogen) atoms. The van der Waals surface area contributed by atoms with E-state index in [1.165, 1.54) is 6.20 Å². The molecule has 0 saturated carbocycles. The molecule has 5 nitrogen and oxygen atoms in total. The van der Waals surface area contributed by atoms with Crippen molar-refractivity contribution in [3.05, 3.63) is 69.3 Å². The molecule has 1 heterocycles. The summed E-state index contributed by atoms with van der Waals surface area (Å²) in [5.74, 6) is 0.872. The zero-order chi connectivity index (χ0) is 16.9. The molecular formula is C16H12Cl3N5. The summed E-state index contributed by atoms with van der Waals surface area (Å²) in [5, 5.41) is 15.7. The van der Waals surface area contributed by atoms with Gasteiger partial charge in [0.25, 0.3) is 0 Å². The molecule has 122 valence electrons. The first-order valence-corrected chi connectivity index (χ1v) is 8.14. The van der Waals surface area contributed by atoms with Gasteiger partial charge in [-0.05, 0) is 29.8 Å². The van der Waals surface area contributed by atoms with Gasteiger partial charge in [0.1, 0.15) is 0 Å². The quantitative estimate of drug-likeness (QED) is 0.638. The first kappa shape index (κ1) is 16.8. The van der Waals surface area contributed by atoms with Crippen molar-refractivity contribution >= 4 is 52.3 Å². The normalized spacial score (nSPS) is 10.5. The number of halogens is 3. The molecule has 0 radical (unpaired) electrons. The van der Waals surface area contributed by atoms with E-state index in [1.807, 2.05) is 24.3 Å². The van der Waals surface area contributed by atoms with Crippen LogP contribution in [0.2, 0.25) is 15.1 Å². The Hall–Kier alpha value is -2.08. The highest BCUT2D eigenvalue weighted by atomic mass is 35.5. The minimum atomic E-state index is 0.297. The van der Waals surface area contributed by atoms with Crippen LogP contribution in [0.5, 0.6) is 0 Å². The summed E-state index contributed by atoms with van der Waals surface area (Å²) < 4.78 is 0. The number of aromatic nitrogens is 3. The van der Waals surface area contributed by atoms with Crippen molar-refractivity contribution in [1.29, 1.82) is 0 Å². The summed E-state index contributed by atoms with van der Waals surface area (Å²) in [7, 11) is 0. The van der Waals surface area contributed by atoms with Gasteiger partial charge in [-0.1, -0.05) is 53.0 Å². The van der Waals surface area contributed by atoms with Crippen LogP contribution in [0.1, 0.15) is 5.56 Å². The fraction of sp³-hybridized carbons (Fsp3) is 0.0625. The van der Waals surface area contributed by atoms with E-state index in [0.29, 0.717) is 39.1 Å². The SMILES string of the molecule is Clc1ccc(CNc2cnnc(Nc3c(Cl)cccc3Cl)n2)cc1. The maximum atomic E-state index is 6.12. The van der Waals surface area contributed by atoms with Gasteiger partial charge >= 0.3 is 0 Å². The Labute approximate surface area is 154 Å². The molecule has 1 aromatic heterocycles. The van der Waals surface area contributed by atoms with E-state index in [-0.39, 0.29) is 0 Å². The molecule has 0 fully saturated rings. The van der Waals surface area contributed by atoms with Crippen molar-refractivity contribution in [3.8, 4) is 0 Å². The highest BCUT2D eigenvalue weighted by Crippen LogP contribution is 2.31. The van der Waals surface area contributed by atoms with Crippen molar-refractivity contribution in [2.75, 3.05) is 10.6 Å². The number of hydrogen-bond acceptors (Lipinski definition) is 5. The monoisotopic (exact) mass is 379 g/mol. The van der Waals surface area contributed by atoms with Crippen LogP contribution < -0.4 is 10.6 Å². The van der Waals surface area contributed by atoms with Crippen LogP contribution in [0.4, 0.5) is 17.5 Å². The zero-order valence-electron chi connectivity index (χ0n) is 12.3. The highest BCUT2D eigenvalue weighted by molar-refractivity contribution is 6.39. The molecule has 0 spiro atoms. The lowest BCUT2D eigenvalue weighted by Crippen LogP contribution is -2.06. The average Bonchev–Trinajstić information content (AvgIpc) is 2.58. The standard InChI is InChI=1S/C16H12Cl3N5/c17-11-6-4-10(5-7-11)8-20-14-9-21-24-16(22-14)23-15-12(18)2-1-3-13(15)19/h1-7,9H,8H2,(H2,20,22,23,24). The number of rotatable bonds is 5. The smallest absolute Gasteiger partial charge is 0.249 e. The van der Waals surface area contributed by atoms with Crippen molar-refractivity contribution in [2.24, 2.45) is 0 Å². The van der Waals surface area contributed by atoms with Crippen LogP contribution in [-0.4, -0.2) is 15.2 Å². The Morgan fingerprint density at radius 1 is 0.917 bits per heavy atom. The third-order valence-electron chi connectivity index (χ3n) is 3.15. The molecule has 0 saturated heterocycles. The third kappa shape index (κ3) is 4.26. The Morgan fingerprint density at radius 3 is 2.33 bits per heavy atom. The van der Waals surface area contributed by atoms with Gasteiger partial charge in [-0.2, -0.15) is 10.1 Å². The van der Waals surface area contributed by atoms with Crippen LogP contribution in [0, 0.1) is 0 Å². The summed E-state index contributed by atoms with van der Waals surface area (Å²) in [6, 6.07) is 12.8. The lowest BCUT2D eigenvalue weighted by Gasteiger charge is -2.10. The molecule has 0 aliphatic carbocycles. The van der Waals surface area contributed by atoms with Crippen LogP contribution >= 0.6 is 34.8 Å². The molecule has 3 rings (SSSR count). The van der Waals surface area contributed by atoms with Crippen molar-refractivity contribution in [3.63, 3.8) is 0 Å². The van der Waals surface area contributed by atoms with E-state index in [4.69, 9.17) is 34.8 Å². The first-order chi connectivity index (χ1) is 11.6. The van der Waals surface area contributed by atoms with Gasteiger partial charge in [0.15, 0.2) is 5.82 Å². The van der Waals surface area contributed by atoms with Crippen LogP contribution in [-0.2, 0) is 6.54 Å². The average molecular weight is 381 g/mol. The number of anilines is 3. The van der Waals surface area contributed by atoms with Gasteiger partial charge in [-0.25, -0.2) is 0 Å². The molecule has 2 N–H and O–H groups in total. The first-order valence-electron chi connectivity index (χ1n) is 7.01. The van der Waals surface area contributed by atoms with E-state index in [2.05, 4.69) is 25.8 Å². The molecule has 0 atom stereocenters. The minimum Gasteiger partial charge on any atom is -0.365 e. The largest absolute Gasteiger partial charge is 0.365 e. The fourth-order valence-electron chi connectivity index (χ4n) is 1.97. The van der Waals surface area contributed by atoms with Gasteiger partial charge in [0.2, 0.25) is 5.95 Å².